The van der Waals surface area contributed by atoms with Crippen LogP contribution < -0.4 is 14.8 Å². The van der Waals surface area contributed by atoms with E-state index in [0.29, 0.717) is 40.9 Å². The first-order valence-corrected chi connectivity index (χ1v) is 11.9. The second kappa shape index (κ2) is 9.37. The lowest BCUT2D eigenvalue weighted by Gasteiger charge is -2.24. The van der Waals surface area contributed by atoms with Gasteiger partial charge >= 0.3 is 0 Å². The van der Waals surface area contributed by atoms with Crippen LogP contribution >= 0.6 is 23.4 Å². The summed E-state index contributed by atoms with van der Waals surface area (Å²) in [6, 6.07) is 20.6. The van der Waals surface area contributed by atoms with Crippen molar-refractivity contribution in [3.63, 3.8) is 0 Å². The number of halogens is 1. The molecule has 168 valence electrons. The number of rotatable bonds is 6. The highest BCUT2D eigenvalue weighted by Crippen LogP contribution is 2.39. The fraction of sp³-hybridized carbons (Fsp3) is 0.200. The van der Waals surface area contributed by atoms with Gasteiger partial charge in [0.15, 0.2) is 11.5 Å². The van der Waals surface area contributed by atoms with E-state index in [-0.39, 0.29) is 24.0 Å². The van der Waals surface area contributed by atoms with Crippen LogP contribution in [-0.2, 0) is 17.9 Å². The van der Waals surface area contributed by atoms with Gasteiger partial charge in [-0.1, -0.05) is 41.9 Å². The van der Waals surface area contributed by atoms with Crippen molar-refractivity contribution in [2.24, 2.45) is 0 Å². The molecule has 6 nitrogen and oxygen atoms in total. The lowest BCUT2D eigenvalue weighted by molar-refractivity contribution is -0.128. The molecule has 2 aliphatic heterocycles. The van der Waals surface area contributed by atoms with E-state index >= 15 is 0 Å². The second-order valence-electron chi connectivity index (χ2n) is 7.80. The number of carbonyl (C=O) groups is 2. The summed E-state index contributed by atoms with van der Waals surface area (Å²) in [5.74, 6) is 1.79. The third kappa shape index (κ3) is 4.79. The van der Waals surface area contributed by atoms with Crippen LogP contribution in [0.1, 0.15) is 32.4 Å². The van der Waals surface area contributed by atoms with E-state index in [0.717, 1.165) is 16.7 Å². The number of benzene rings is 3. The molecule has 1 atom stereocenters. The fourth-order valence-corrected chi connectivity index (χ4v) is 5.14. The molecule has 2 aliphatic rings. The summed E-state index contributed by atoms with van der Waals surface area (Å²) in [5.41, 5.74) is 3.52. The van der Waals surface area contributed by atoms with Gasteiger partial charge in [0, 0.05) is 23.7 Å². The van der Waals surface area contributed by atoms with Crippen LogP contribution in [0.2, 0.25) is 5.02 Å². The minimum Gasteiger partial charge on any atom is -0.454 e. The largest absolute Gasteiger partial charge is 0.454 e. The Labute approximate surface area is 200 Å². The molecule has 0 aliphatic carbocycles. The highest BCUT2D eigenvalue weighted by molar-refractivity contribution is 8.00. The molecule has 0 bridgehead atoms. The van der Waals surface area contributed by atoms with E-state index in [1.807, 2.05) is 59.5 Å². The molecular formula is C25H21ClN2O4S. The molecule has 1 N–H and O–H groups in total. The van der Waals surface area contributed by atoms with Gasteiger partial charge in [0.05, 0.1) is 5.75 Å². The van der Waals surface area contributed by atoms with Gasteiger partial charge in [-0.2, -0.15) is 0 Å². The number of thioether (sulfide) groups is 1. The summed E-state index contributed by atoms with van der Waals surface area (Å²) in [5, 5.41) is 3.52. The van der Waals surface area contributed by atoms with Crippen molar-refractivity contribution in [2.75, 3.05) is 12.5 Å². The van der Waals surface area contributed by atoms with E-state index in [2.05, 4.69) is 5.32 Å². The van der Waals surface area contributed by atoms with Crippen LogP contribution in [0.3, 0.4) is 0 Å². The number of nitrogens with zero attached hydrogens (tertiary/aromatic N) is 1. The number of fused-ring (bicyclic) bond motifs is 1. The maximum atomic E-state index is 12.6. The van der Waals surface area contributed by atoms with E-state index in [9.17, 15) is 9.59 Å². The van der Waals surface area contributed by atoms with Gasteiger partial charge in [0.25, 0.3) is 5.91 Å². The van der Waals surface area contributed by atoms with Gasteiger partial charge in [0.1, 0.15) is 5.37 Å². The molecule has 5 rings (SSSR count). The number of hydrogen-bond acceptors (Lipinski definition) is 5. The molecule has 0 spiro atoms. The van der Waals surface area contributed by atoms with Gasteiger partial charge in [0.2, 0.25) is 12.7 Å². The van der Waals surface area contributed by atoms with Crippen molar-refractivity contribution >= 4 is 35.2 Å². The third-order valence-electron chi connectivity index (χ3n) is 5.58. The van der Waals surface area contributed by atoms with Crippen molar-refractivity contribution in [1.29, 1.82) is 0 Å². The van der Waals surface area contributed by atoms with E-state index in [1.54, 1.807) is 23.9 Å². The molecule has 1 saturated heterocycles. The lowest BCUT2D eigenvalue weighted by Crippen LogP contribution is -2.27. The molecule has 0 aromatic heterocycles. The fourth-order valence-electron chi connectivity index (χ4n) is 3.82. The van der Waals surface area contributed by atoms with Crippen molar-refractivity contribution < 1.29 is 19.1 Å². The van der Waals surface area contributed by atoms with Crippen LogP contribution in [0.25, 0.3) is 0 Å². The van der Waals surface area contributed by atoms with Crippen LogP contribution in [0.5, 0.6) is 11.5 Å². The Bertz CT molecular complexity index is 1180. The van der Waals surface area contributed by atoms with Crippen molar-refractivity contribution in [3.8, 4) is 11.5 Å². The van der Waals surface area contributed by atoms with Crippen molar-refractivity contribution in [3.05, 3.63) is 94.0 Å². The maximum absolute atomic E-state index is 12.6. The van der Waals surface area contributed by atoms with Crippen LogP contribution in [0, 0.1) is 0 Å². The molecule has 2 amide bonds. The molecule has 3 aromatic rings. The van der Waals surface area contributed by atoms with Gasteiger partial charge in [-0.25, -0.2) is 0 Å². The maximum Gasteiger partial charge on any atom is 0.251 e. The molecule has 0 unspecified atom stereocenters. The highest BCUT2D eigenvalue weighted by atomic mass is 35.5. The Kier molecular flexibility index (Phi) is 6.15. The topological polar surface area (TPSA) is 67.9 Å². The van der Waals surface area contributed by atoms with Gasteiger partial charge in [-0.3, -0.25) is 9.59 Å². The molecule has 33 heavy (non-hydrogen) atoms. The first-order valence-electron chi connectivity index (χ1n) is 10.5. The number of hydrogen-bond donors (Lipinski definition) is 1. The summed E-state index contributed by atoms with van der Waals surface area (Å²) in [4.78, 5) is 27.0. The Morgan fingerprint density at radius 3 is 2.52 bits per heavy atom. The lowest BCUT2D eigenvalue weighted by atomic mass is 10.1. The zero-order valence-electron chi connectivity index (χ0n) is 17.6. The van der Waals surface area contributed by atoms with E-state index in [4.69, 9.17) is 21.1 Å². The second-order valence-corrected chi connectivity index (χ2v) is 9.31. The normalized spacial score (nSPS) is 16.8. The van der Waals surface area contributed by atoms with Gasteiger partial charge < -0.3 is 19.7 Å². The summed E-state index contributed by atoms with van der Waals surface area (Å²) in [7, 11) is 0. The molecular weight excluding hydrogens is 460 g/mol. The number of ether oxygens (including phenoxy) is 2. The van der Waals surface area contributed by atoms with Crippen molar-refractivity contribution in [2.45, 2.75) is 18.5 Å². The minimum atomic E-state index is -0.160. The highest BCUT2D eigenvalue weighted by Gasteiger charge is 2.32. The quantitative estimate of drug-likeness (QED) is 0.550. The zero-order chi connectivity index (χ0) is 22.8. The number of nitrogens with one attached hydrogen (secondary N) is 1. The Morgan fingerprint density at radius 1 is 1.00 bits per heavy atom. The Hall–Kier alpha value is -3.16. The molecule has 1 fully saturated rings. The molecule has 0 saturated carbocycles. The predicted molar refractivity (Wildman–Crippen MR) is 127 cm³/mol. The van der Waals surface area contributed by atoms with Crippen LogP contribution in [0.15, 0.2) is 66.7 Å². The van der Waals surface area contributed by atoms with Crippen molar-refractivity contribution in [1.82, 2.24) is 10.2 Å². The van der Waals surface area contributed by atoms with Crippen LogP contribution in [-0.4, -0.2) is 29.3 Å². The van der Waals surface area contributed by atoms with E-state index in [1.165, 1.54) is 0 Å². The third-order valence-corrected chi connectivity index (χ3v) is 7.09. The summed E-state index contributed by atoms with van der Waals surface area (Å²) in [6.45, 7) is 1.13. The van der Waals surface area contributed by atoms with E-state index < -0.39 is 0 Å². The summed E-state index contributed by atoms with van der Waals surface area (Å²) in [6.07, 6.45) is 0. The Balaban J connectivity index is 1.23. The number of amides is 2. The smallest absolute Gasteiger partial charge is 0.251 e. The first-order chi connectivity index (χ1) is 16.1. The molecule has 3 aromatic carbocycles. The summed E-state index contributed by atoms with van der Waals surface area (Å²) < 4.78 is 10.7. The molecule has 0 radical (unpaired) electrons. The monoisotopic (exact) mass is 480 g/mol. The average molecular weight is 481 g/mol. The number of carbonyl (C=O) groups excluding carboxylic acids is 2. The van der Waals surface area contributed by atoms with Gasteiger partial charge in [-0.15, -0.1) is 11.8 Å². The van der Waals surface area contributed by atoms with Crippen LogP contribution in [0.4, 0.5) is 0 Å². The Morgan fingerprint density at radius 2 is 1.73 bits per heavy atom. The van der Waals surface area contributed by atoms with Gasteiger partial charge in [-0.05, 0) is 53.1 Å². The zero-order valence-corrected chi connectivity index (χ0v) is 19.2. The average Bonchev–Trinajstić information content (AvgIpc) is 3.45. The molecule has 2 heterocycles. The first kappa shape index (κ1) is 21.7. The SMILES string of the molecule is O=C(NCc1ccc2c(c1)OCO2)c1ccc([C@@H]2SCC(=O)N2Cc2ccc(Cl)cc2)cc1. The summed E-state index contributed by atoms with van der Waals surface area (Å²) >= 11 is 7.57. The molecule has 8 heteroatoms. The predicted octanol–water partition coefficient (Wildman–Crippen LogP) is 4.77. The standard InChI is InChI=1S/C25H21ClN2O4S/c26-20-8-1-16(2-9-20)13-28-23(29)14-33-25(28)19-6-4-18(5-7-19)24(30)27-12-17-3-10-21-22(11-17)32-15-31-21/h1-11,25H,12-15H2,(H,27,30)/t25-/m0/s1. The minimum absolute atomic E-state index is 0.0843.